The first-order valence-electron chi connectivity index (χ1n) is 4.53. The number of rotatable bonds is 3. The third kappa shape index (κ3) is 1.86. The summed E-state index contributed by atoms with van der Waals surface area (Å²) in [5, 5.41) is 0. The first-order chi connectivity index (χ1) is 6.79. The lowest BCUT2D eigenvalue weighted by Crippen LogP contribution is -1.96. The molecular weight excluding hydrogens is 194 g/mol. The van der Waals surface area contributed by atoms with Crippen LogP contribution in [0.4, 0.5) is 0 Å². The summed E-state index contributed by atoms with van der Waals surface area (Å²) in [5.41, 5.74) is 5.56. The van der Waals surface area contributed by atoms with Gasteiger partial charge in [-0.3, -0.25) is 0 Å². The molecule has 2 heterocycles. The van der Waals surface area contributed by atoms with Gasteiger partial charge in [-0.25, -0.2) is 4.98 Å². The van der Waals surface area contributed by atoms with Crippen molar-refractivity contribution in [2.45, 2.75) is 13.0 Å². The highest BCUT2D eigenvalue weighted by molar-refractivity contribution is 7.12. The molecule has 2 aromatic rings. The fourth-order valence-electron chi connectivity index (χ4n) is 1.35. The Labute approximate surface area is 87.2 Å². The molecule has 0 amide bonds. The molecule has 0 fully saturated rings. The fourth-order valence-corrected chi connectivity index (χ4v) is 2.24. The Hall–Kier alpha value is -1.13. The molecule has 2 N–H and O–H groups in total. The van der Waals surface area contributed by atoms with E-state index in [-0.39, 0.29) is 0 Å². The predicted molar refractivity (Wildman–Crippen MR) is 58.2 cm³/mol. The molecule has 0 aliphatic carbocycles. The van der Waals surface area contributed by atoms with Gasteiger partial charge in [0.1, 0.15) is 5.82 Å². The third-order valence-electron chi connectivity index (χ3n) is 2.17. The van der Waals surface area contributed by atoms with Gasteiger partial charge >= 0.3 is 0 Å². The van der Waals surface area contributed by atoms with Crippen LogP contribution in [0.5, 0.6) is 0 Å². The molecule has 0 aromatic carbocycles. The molecule has 3 nitrogen and oxygen atoms in total. The van der Waals surface area contributed by atoms with Crippen molar-refractivity contribution in [2.75, 3.05) is 0 Å². The van der Waals surface area contributed by atoms with Gasteiger partial charge in [0.05, 0.1) is 0 Å². The Morgan fingerprint density at radius 3 is 2.79 bits per heavy atom. The summed E-state index contributed by atoms with van der Waals surface area (Å²) < 4.78 is 2.04. The summed E-state index contributed by atoms with van der Waals surface area (Å²) in [6.45, 7) is 0.630. The van der Waals surface area contributed by atoms with Crippen molar-refractivity contribution in [3.63, 3.8) is 0 Å². The maximum atomic E-state index is 5.56. The van der Waals surface area contributed by atoms with Crippen molar-refractivity contribution in [3.8, 4) is 0 Å². The van der Waals surface area contributed by atoms with Crippen LogP contribution in [0.3, 0.4) is 0 Å². The Balaban J connectivity index is 2.15. The fraction of sp³-hybridized carbons (Fsp3) is 0.300. The molecule has 0 aliphatic rings. The molecule has 2 aromatic heterocycles. The van der Waals surface area contributed by atoms with E-state index < -0.39 is 0 Å². The molecule has 0 unspecified atom stereocenters. The summed E-state index contributed by atoms with van der Waals surface area (Å²) in [6.07, 6.45) is 4.69. The molecule has 4 heteroatoms. The lowest BCUT2D eigenvalue weighted by molar-refractivity contribution is 0.826. The highest BCUT2D eigenvalue weighted by Gasteiger charge is 2.03. The normalized spacial score (nSPS) is 10.7. The molecule has 14 heavy (non-hydrogen) atoms. The second kappa shape index (κ2) is 3.94. The van der Waals surface area contributed by atoms with Crippen LogP contribution in [0.1, 0.15) is 15.6 Å². The number of thiophene rings is 1. The standard InChI is InChI=1S/C10H13N3S/c1-13-5-4-12-10(13)6-8-2-3-9(7-11)14-8/h2-5H,6-7,11H2,1H3. The zero-order chi connectivity index (χ0) is 9.97. The van der Waals surface area contributed by atoms with E-state index in [9.17, 15) is 0 Å². The van der Waals surface area contributed by atoms with E-state index in [1.807, 2.05) is 24.0 Å². The van der Waals surface area contributed by atoms with Crippen molar-refractivity contribution >= 4 is 11.3 Å². The second-order valence-electron chi connectivity index (χ2n) is 3.20. The minimum atomic E-state index is 0.630. The number of aromatic nitrogens is 2. The van der Waals surface area contributed by atoms with E-state index in [1.54, 1.807) is 11.3 Å². The summed E-state index contributed by atoms with van der Waals surface area (Å²) in [7, 11) is 2.01. The molecule has 2 rings (SSSR count). The summed E-state index contributed by atoms with van der Waals surface area (Å²) in [5.74, 6) is 1.09. The van der Waals surface area contributed by atoms with Gasteiger partial charge in [0, 0.05) is 42.2 Å². The first-order valence-corrected chi connectivity index (χ1v) is 5.35. The second-order valence-corrected chi connectivity index (χ2v) is 4.46. The highest BCUT2D eigenvalue weighted by Crippen LogP contribution is 2.18. The molecule has 0 bridgehead atoms. The van der Waals surface area contributed by atoms with Gasteiger partial charge in [-0.1, -0.05) is 0 Å². The minimum absolute atomic E-state index is 0.630. The van der Waals surface area contributed by atoms with E-state index in [2.05, 4.69) is 17.1 Å². The maximum absolute atomic E-state index is 5.56. The molecule has 0 aliphatic heterocycles. The van der Waals surface area contributed by atoms with Crippen LogP contribution >= 0.6 is 11.3 Å². The smallest absolute Gasteiger partial charge is 0.113 e. The summed E-state index contributed by atoms with van der Waals surface area (Å²) >= 11 is 1.76. The van der Waals surface area contributed by atoms with E-state index in [0.29, 0.717) is 6.54 Å². The summed E-state index contributed by atoms with van der Waals surface area (Å²) in [4.78, 5) is 6.83. The Morgan fingerprint density at radius 2 is 2.21 bits per heavy atom. The van der Waals surface area contributed by atoms with Gasteiger partial charge in [0.2, 0.25) is 0 Å². The van der Waals surface area contributed by atoms with Gasteiger partial charge in [0.15, 0.2) is 0 Å². The van der Waals surface area contributed by atoms with Crippen molar-refractivity contribution in [1.82, 2.24) is 9.55 Å². The van der Waals surface area contributed by atoms with Crippen LogP contribution in [0, 0.1) is 0 Å². The predicted octanol–water partition coefficient (Wildman–Crippen LogP) is 1.53. The summed E-state index contributed by atoms with van der Waals surface area (Å²) in [6, 6.07) is 4.21. The van der Waals surface area contributed by atoms with Crippen molar-refractivity contribution in [1.29, 1.82) is 0 Å². The topological polar surface area (TPSA) is 43.8 Å². The van der Waals surface area contributed by atoms with Gasteiger partial charge in [-0.05, 0) is 12.1 Å². The highest BCUT2D eigenvalue weighted by atomic mass is 32.1. The largest absolute Gasteiger partial charge is 0.338 e. The van der Waals surface area contributed by atoms with Gasteiger partial charge in [0.25, 0.3) is 0 Å². The zero-order valence-electron chi connectivity index (χ0n) is 8.10. The van der Waals surface area contributed by atoms with E-state index in [4.69, 9.17) is 5.73 Å². The van der Waals surface area contributed by atoms with E-state index in [0.717, 1.165) is 12.2 Å². The quantitative estimate of drug-likeness (QED) is 0.829. The van der Waals surface area contributed by atoms with Crippen LogP contribution in [-0.4, -0.2) is 9.55 Å². The van der Waals surface area contributed by atoms with Crippen molar-refractivity contribution in [2.24, 2.45) is 12.8 Å². The van der Waals surface area contributed by atoms with E-state index >= 15 is 0 Å². The van der Waals surface area contributed by atoms with Gasteiger partial charge < -0.3 is 10.3 Å². The minimum Gasteiger partial charge on any atom is -0.338 e. The van der Waals surface area contributed by atoms with Crippen LogP contribution in [0.2, 0.25) is 0 Å². The monoisotopic (exact) mass is 207 g/mol. The van der Waals surface area contributed by atoms with Gasteiger partial charge in [-0.2, -0.15) is 0 Å². The average Bonchev–Trinajstić information content (AvgIpc) is 2.77. The van der Waals surface area contributed by atoms with Crippen molar-refractivity contribution < 1.29 is 0 Å². The number of hydrogen-bond donors (Lipinski definition) is 1. The van der Waals surface area contributed by atoms with E-state index in [1.165, 1.54) is 9.75 Å². The number of aryl methyl sites for hydroxylation is 1. The number of hydrogen-bond acceptors (Lipinski definition) is 3. The van der Waals surface area contributed by atoms with Crippen molar-refractivity contribution in [3.05, 3.63) is 40.1 Å². The lowest BCUT2D eigenvalue weighted by atomic mass is 10.3. The SMILES string of the molecule is Cn1ccnc1Cc1ccc(CN)s1. The lowest BCUT2D eigenvalue weighted by Gasteiger charge is -1.98. The molecule has 0 spiro atoms. The number of nitrogens with two attached hydrogens (primary N) is 1. The Morgan fingerprint density at radius 1 is 1.43 bits per heavy atom. The molecule has 0 saturated carbocycles. The third-order valence-corrected chi connectivity index (χ3v) is 3.28. The maximum Gasteiger partial charge on any atom is 0.113 e. The molecule has 0 radical (unpaired) electrons. The first kappa shape index (κ1) is 9.43. The average molecular weight is 207 g/mol. The van der Waals surface area contributed by atoms with Crippen LogP contribution in [-0.2, 0) is 20.0 Å². The van der Waals surface area contributed by atoms with Crippen LogP contribution in [0.15, 0.2) is 24.5 Å². The van der Waals surface area contributed by atoms with Gasteiger partial charge in [-0.15, -0.1) is 11.3 Å². The number of imidazole rings is 1. The Bertz CT molecular complexity index is 416. The van der Waals surface area contributed by atoms with Crippen LogP contribution < -0.4 is 5.73 Å². The molecular formula is C10H13N3S. The molecule has 74 valence electrons. The number of nitrogens with zero attached hydrogens (tertiary/aromatic N) is 2. The zero-order valence-corrected chi connectivity index (χ0v) is 8.92. The molecule has 0 saturated heterocycles. The Kier molecular flexibility index (Phi) is 2.65. The molecule has 0 atom stereocenters. The van der Waals surface area contributed by atoms with Crippen LogP contribution in [0.25, 0.3) is 0 Å².